The monoisotopic (exact) mass is 587 g/mol. The highest BCUT2D eigenvalue weighted by Gasteiger charge is 2.37. The lowest BCUT2D eigenvalue weighted by molar-refractivity contribution is -0.120. The van der Waals surface area contributed by atoms with Gasteiger partial charge in [0.1, 0.15) is 11.3 Å². The zero-order valence-electron chi connectivity index (χ0n) is 24.0. The van der Waals surface area contributed by atoms with E-state index in [9.17, 15) is 18.0 Å². The molecule has 1 aromatic heterocycles. The molecule has 0 spiro atoms. The molecule has 1 atom stereocenters. The Labute approximate surface area is 245 Å². The first-order chi connectivity index (χ1) is 20.1. The van der Waals surface area contributed by atoms with Crippen molar-refractivity contribution >= 4 is 38.4 Å². The van der Waals surface area contributed by atoms with Crippen LogP contribution in [0.1, 0.15) is 59.3 Å². The van der Waals surface area contributed by atoms with Crippen LogP contribution in [0.25, 0.3) is 10.9 Å². The maximum absolute atomic E-state index is 13.9. The summed E-state index contributed by atoms with van der Waals surface area (Å²) >= 11 is 0. The van der Waals surface area contributed by atoms with E-state index in [2.05, 4.69) is 9.71 Å². The van der Waals surface area contributed by atoms with Crippen LogP contribution < -0.4 is 19.1 Å². The number of carbonyl (C=O) groups excluding carboxylic acids is 2. The predicted octanol–water partition coefficient (Wildman–Crippen LogP) is 5.25. The van der Waals surface area contributed by atoms with Gasteiger partial charge in [0.25, 0.3) is 5.91 Å². The van der Waals surface area contributed by atoms with E-state index >= 15 is 0 Å². The number of hydrogen-bond donors (Lipinski definition) is 1. The Morgan fingerprint density at radius 1 is 1.02 bits per heavy atom. The molecule has 0 saturated heterocycles. The number of nitrogens with zero attached hydrogens (tertiary/aromatic N) is 2. The van der Waals surface area contributed by atoms with Gasteiger partial charge in [-0.15, -0.1) is 0 Å². The van der Waals surface area contributed by atoms with Crippen molar-refractivity contribution in [3.05, 3.63) is 94.7 Å². The molecule has 9 nitrogen and oxygen atoms in total. The molecule has 1 unspecified atom stereocenters. The van der Waals surface area contributed by atoms with E-state index < -0.39 is 21.8 Å². The summed E-state index contributed by atoms with van der Waals surface area (Å²) in [6.45, 7) is 8.27. The number of carbonyl (C=O) groups is 2. The first-order valence-electron chi connectivity index (χ1n) is 13.8. The van der Waals surface area contributed by atoms with Gasteiger partial charge in [0.05, 0.1) is 37.0 Å². The van der Waals surface area contributed by atoms with Crippen molar-refractivity contribution < 1.29 is 27.5 Å². The Hall–Kier alpha value is -4.44. The van der Waals surface area contributed by atoms with Crippen LogP contribution in [-0.2, 0) is 27.1 Å². The van der Waals surface area contributed by atoms with Crippen LogP contribution in [0, 0.1) is 6.92 Å². The molecule has 5 rings (SSSR count). The topological polar surface area (TPSA) is 115 Å². The second kappa shape index (κ2) is 11.8. The average Bonchev–Trinajstić information content (AvgIpc) is 3.30. The number of benzene rings is 3. The van der Waals surface area contributed by atoms with Gasteiger partial charge in [-0.05, 0) is 62.6 Å². The number of rotatable bonds is 10. The summed E-state index contributed by atoms with van der Waals surface area (Å²) in [6, 6.07) is 17.8. The smallest absolute Gasteiger partial charge is 0.262 e. The summed E-state index contributed by atoms with van der Waals surface area (Å²) in [5.41, 5.74) is 4.36. The third-order valence-electron chi connectivity index (χ3n) is 7.28. The normalized spacial score (nSPS) is 13.6. The Balaban J connectivity index is 1.41. The standard InChI is InChI=1S/C32H33N3O6S/c1-5-40-29-24-13-10-16-33-28(24)30(41-6-2)25-18-35(32(37)27(25)29)26-15-14-22(17-20(26)3)19-42(38,39)34-31(36)21(4)23-11-8-7-9-12-23/h7-17,21H,5-6,18-19H2,1-4H3,(H,34,36). The zero-order chi connectivity index (χ0) is 30.0. The summed E-state index contributed by atoms with van der Waals surface area (Å²) in [5.74, 6) is -0.786. The van der Waals surface area contributed by atoms with E-state index in [0.29, 0.717) is 63.6 Å². The van der Waals surface area contributed by atoms with Gasteiger partial charge in [-0.1, -0.05) is 42.5 Å². The summed E-state index contributed by atoms with van der Waals surface area (Å²) in [6.07, 6.45) is 1.68. The van der Waals surface area contributed by atoms with Gasteiger partial charge < -0.3 is 14.4 Å². The van der Waals surface area contributed by atoms with Crippen LogP contribution in [0.3, 0.4) is 0 Å². The molecule has 2 heterocycles. The molecule has 0 saturated carbocycles. The quantitative estimate of drug-likeness (QED) is 0.269. The first-order valence-corrected chi connectivity index (χ1v) is 15.5. The van der Waals surface area contributed by atoms with Crippen LogP contribution >= 0.6 is 0 Å². The third-order valence-corrected chi connectivity index (χ3v) is 8.51. The molecule has 10 heteroatoms. The maximum Gasteiger partial charge on any atom is 0.262 e. The molecule has 2 amide bonds. The van der Waals surface area contributed by atoms with Gasteiger partial charge in [0, 0.05) is 22.8 Å². The van der Waals surface area contributed by atoms with Gasteiger partial charge in [-0.25, -0.2) is 8.42 Å². The minimum Gasteiger partial charge on any atom is -0.492 e. The lowest BCUT2D eigenvalue weighted by Gasteiger charge is -2.19. The van der Waals surface area contributed by atoms with Crippen LogP contribution in [0.15, 0.2) is 66.9 Å². The fraction of sp³-hybridized carbons (Fsp3) is 0.281. The Morgan fingerprint density at radius 3 is 2.43 bits per heavy atom. The second-order valence-corrected chi connectivity index (χ2v) is 11.9. The van der Waals surface area contributed by atoms with E-state index in [1.807, 2.05) is 32.9 Å². The molecule has 1 N–H and O–H groups in total. The maximum atomic E-state index is 13.9. The number of aryl methyl sites for hydroxylation is 1. The summed E-state index contributed by atoms with van der Waals surface area (Å²) in [7, 11) is -3.96. The van der Waals surface area contributed by atoms with Crippen molar-refractivity contribution in [3.8, 4) is 11.5 Å². The SMILES string of the molecule is CCOc1c2c(c(OCC)c3ncccc13)CN(c1ccc(CS(=O)(=O)NC(=O)C(C)c3ccccc3)cc1C)C2=O. The van der Waals surface area contributed by atoms with Gasteiger partial charge in [0.2, 0.25) is 15.9 Å². The highest BCUT2D eigenvalue weighted by atomic mass is 32.2. The van der Waals surface area contributed by atoms with E-state index in [1.165, 1.54) is 0 Å². The summed E-state index contributed by atoms with van der Waals surface area (Å²) in [5, 5.41) is 0.706. The highest BCUT2D eigenvalue weighted by molar-refractivity contribution is 7.89. The molecule has 0 bridgehead atoms. The number of pyridine rings is 1. The molecule has 4 aromatic rings. The lowest BCUT2D eigenvalue weighted by atomic mass is 10.0. The number of amides is 2. The molecule has 1 aliphatic rings. The highest BCUT2D eigenvalue weighted by Crippen LogP contribution is 2.45. The third kappa shape index (κ3) is 5.54. The van der Waals surface area contributed by atoms with Crippen molar-refractivity contribution in [3.63, 3.8) is 0 Å². The summed E-state index contributed by atoms with van der Waals surface area (Å²) in [4.78, 5) is 32.7. The number of fused-ring (bicyclic) bond motifs is 2. The Kier molecular flexibility index (Phi) is 8.17. The number of anilines is 1. The molecule has 218 valence electrons. The van der Waals surface area contributed by atoms with Gasteiger partial charge >= 0.3 is 0 Å². The molecule has 0 radical (unpaired) electrons. The van der Waals surface area contributed by atoms with Gasteiger partial charge in [0.15, 0.2) is 5.75 Å². The van der Waals surface area contributed by atoms with Crippen molar-refractivity contribution in [2.45, 2.75) is 45.9 Å². The van der Waals surface area contributed by atoms with Gasteiger partial charge in [-0.3, -0.25) is 19.3 Å². The van der Waals surface area contributed by atoms with E-state index in [-0.39, 0.29) is 18.2 Å². The first kappa shape index (κ1) is 29.1. The van der Waals surface area contributed by atoms with Crippen LogP contribution in [0.5, 0.6) is 11.5 Å². The Bertz CT molecular complexity index is 1770. The average molecular weight is 588 g/mol. The van der Waals surface area contributed by atoms with Gasteiger partial charge in [-0.2, -0.15) is 0 Å². The van der Waals surface area contributed by atoms with Crippen molar-refractivity contribution in [1.82, 2.24) is 9.71 Å². The lowest BCUT2D eigenvalue weighted by Crippen LogP contribution is -2.34. The van der Waals surface area contributed by atoms with E-state index in [0.717, 1.165) is 5.56 Å². The van der Waals surface area contributed by atoms with Crippen LogP contribution in [-0.4, -0.2) is 38.4 Å². The van der Waals surface area contributed by atoms with Crippen LogP contribution in [0.2, 0.25) is 0 Å². The Morgan fingerprint density at radius 2 is 1.74 bits per heavy atom. The molecule has 1 aliphatic heterocycles. The fourth-order valence-electron chi connectivity index (χ4n) is 5.33. The second-order valence-electron chi connectivity index (χ2n) is 10.1. The molecule has 0 aliphatic carbocycles. The van der Waals surface area contributed by atoms with E-state index in [4.69, 9.17) is 9.47 Å². The predicted molar refractivity (Wildman–Crippen MR) is 161 cm³/mol. The number of sulfonamides is 1. The van der Waals surface area contributed by atoms with E-state index in [1.54, 1.807) is 66.6 Å². The molecular formula is C32H33N3O6S. The summed E-state index contributed by atoms with van der Waals surface area (Å²) < 4.78 is 40.0. The minimum absolute atomic E-state index is 0.231. The minimum atomic E-state index is -3.96. The largest absolute Gasteiger partial charge is 0.492 e. The zero-order valence-corrected chi connectivity index (χ0v) is 24.8. The molecule has 42 heavy (non-hydrogen) atoms. The fourth-order valence-corrected chi connectivity index (χ4v) is 6.50. The van der Waals surface area contributed by atoms with Crippen LogP contribution in [0.4, 0.5) is 5.69 Å². The number of hydrogen-bond acceptors (Lipinski definition) is 7. The number of ether oxygens (including phenoxy) is 2. The van der Waals surface area contributed by atoms with Crippen molar-refractivity contribution in [1.29, 1.82) is 0 Å². The van der Waals surface area contributed by atoms with Crippen molar-refractivity contribution in [2.24, 2.45) is 0 Å². The number of nitrogens with one attached hydrogen (secondary N) is 1. The molecular weight excluding hydrogens is 554 g/mol. The van der Waals surface area contributed by atoms with Crippen molar-refractivity contribution in [2.75, 3.05) is 18.1 Å². The number of aromatic nitrogens is 1. The molecule has 3 aromatic carbocycles. The molecule has 0 fully saturated rings.